The van der Waals surface area contributed by atoms with Crippen molar-refractivity contribution in [2.24, 2.45) is 4.99 Å². The van der Waals surface area contributed by atoms with Gasteiger partial charge in [0.1, 0.15) is 17.4 Å². The summed E-state index contributed by atoms with van der Waals surface area (Å²) in [6, 6.07) is 11.4. The van der Waals surface area contributed by atoms with Crippen LogP contribution in [0.1, 0.15) is 65.6 Å². The average Bonchev–Trinajstić information content (AvgIpc) is 3.84. The Balaban J connectivity index is 1.55. The zero-order chi connectivity index (χ0) is 32.2. The number of anilines is 1. The second kappa shape index (κ2) is 13.6. The van der Waals surface area contributed by atoms with E-state index in [0.717, 1.165) is 47.6 Å². The monoisotopic (exact) mass is 631 g/mol. The number of halogens is 3. The lowest BCUT2D eigenvalue weighted by atomic mass is 9.91. The van der Waals surface area contributed by atoms with E-state index in [1.54, 1.807) is 25.6 Å². The predicted octanol–water partition coefficient (Wildman–Crippen LogP) is 7.19. The minimum atomic E-state index is -0.840. The van der Waals surface area contributed by atoms with Crippen molar-refractivity contribution in [2.75, 3.05) is 19.4 Å². The van der Waals surface area contributed by atoms with Gasteiger partial charge in [-0.15, -0.1) is 0 Å². The van der Waals surface area contributed by atoms with Gasteiger partial charge in [-0.3, -0.25) is 14.8 Å². The largest absolute Gasteiger partial charge is 0.495 e. The molecule has 7 nitrogen and oxygen atoms in total. The van der Waals surface area contributed by atoms with E-state index in [9.17, 15) is 9.18 Å². The van der Waals surface area contributed by atoms with Crippen molar-refractivity contribution in [3.63, 3.8) is 0 Å². The highest BCUT2D eigenvalue weighted by molar-refractivity contribution is 6.31. The number of aliphatic imine (C=N–C) groups is 1. The molecular weight excluding hydrogens is 596 g/mol. The number of H-pyrrole nitrogens is 1. The molecule has 234 valence electrons. The van der Waals surface area contributed by atoms with E-state index in [4.69, 9.17) is 27.1 Å². The van der Waals surface area contributed by atoms with E-state index in [1.165, 1.54) is 12.1 Å². The van der Waals surface area contributed by atoms with E-state index in [1.807, 2.05) is 32.0 Å². The third-order valence-corrected chi connectivity index (χ3v) is 8.21. The van der Waals surface area contributed by atoms with Gasteiger partial charge >= 0.3 is 0 Å². The van der Waals surface area contributed by atoms with Gasteiger partial charge in [-0.05, 0) is 73.2 Å². The van der Waals surface area contributed by atoms with Crippen LogP contribution in [0.15, 0.2) is 65.0 Å². The summed E-state index contributed by atoms with van der Waals surface area (Å²) in [5, 5.41) is 3.21. The molecule has 1 saturated carbocycles. The number of benzene rings is 2. The van der Waals surface area contributed by atoms with Gasteiger partial charge in [0.05, 0.1) is 35.2 Å². The van der Waals surface area contributed by atoms with Gasteiger partial charge < -0.3 is 20.8 Å². The molecule has 0 aliphatic heterocycles. The topological polar surface area (TPSA) is 105 Å². The van der Waals surface area contributed by atoms with E-state index in [2.05, 4.69) is 21.9 Å². The van der Waals surface area contributed by atoms with E-state index < -0.39 is 17.6 Å². The molecule has 0 spiro atoms. The van der Waals surface area contributed by atoms with E-state index in [0.29, 0.717) is 53.1 Å². The lowest BCUT2D eigenvalue weighted by Gasteiger charge is -2.23. The molecule has 0 amide bonds. The number of nitrogens with zero attached hydrogens (tertiary/aromatic N) is 2. The van der Waals surface area contributed by atoms with E-state index in [-0.39, 0.29) is 16.1 Å². The molecule has 2 aromatic heterocycles. The Morgan fingerprint density at radius 2 is 2.02 bits per heavy atom. The Bertz CT molecular complexity index is 1830. The fourth-order valence-corrected chi connectivity index (χ4v) is 5.46. The average molecular weight is 632 g/mol. The first kappa shape index (κ1) is 31.9. The summed E-state index contributed by atoms with van der Waals surface area (Å²) in [6.45, 7) is 8.53. The maximum atomic E-state index is 15.2. The number of ether oxygens (including phenoxy) is 1. The second-order valence-electron chi connectivity index (χ2n) is 11.3. The number of nitrogen functional groups attached to an aromatic ring is 1. The molecule has 10 heteroatoms. The van der Waals surface area contributed by atoms with Gasteiger partial charge in [-0.1, -0.05) is 31.5 Å². The third kappa shape index (κ3) is 7.26. The highest BCUT2D eigenvalue weighted by Gasteiger charge is 2.23. The van der Waals surface area contributed by atoms with Crippen LogP contribution in [0.25, 0.3) is 17.0 Å². The number of hydrogen-bond donors (Lipinski definition) is 3. The zero-order valence-electron chi connectivity index (χ0n) is 25.5. The van der Waals surface area contributed by atoms with E-state index >= 15 is 4.39 Å². The van der Waals surface area contributed by atoms with Gasteiger partial charge in [-0.2, -0.15) is 0 Å². The molecule has 4 aromatic rings. The number of nitrogens with two attached hydrogens (primary N) is 1. The van der Waals surface area contributed by atoms with Crippen molar-refractivity contribution in [2.45, 2.75) is 51.5 Å². The van der Waals surface area contributed by atoms with Crippen LogP contribution in [0.2, 0.25) is 5.02 Å². The van der Waals surface area contributed by atoms with Crippen LogP contribution >= 0.6 is 11.6 Å². The number of pyridine rings is 2. The maximum Gasteiger partial charge on any atom is 0.248 e. The Hall–Kier alpha value is -4.50. The molecule has 2 aromatic carbocycles. The summed E-state index contributed by atoms with van der Waals surface area (Å²) in [5.41, 5.74) is 12.2. The van der Waals surface area contributed by atoms with Gasteiger partial charge in [0.2, 0.25) is 5.56 Å². The number of aromatic nitrogens is 2. The third-order valence-electron chi connectivity index (χ3n) is 7.92. The Morgan fingerprint density at radius 1 is 1.24 bits per heavy atom. The number of hydrogen-bond acceptors (Lipinski definition) is 6. The van der Waals surface area contributed by atoms with Gasteiger partial charge in [0, 0.05) is 59.4 Å². The van der Waals surface area contributed by atoms with Gasteiger partial charge in [0.15, 0.2) is 0 Å². The summed E-state index contributed by atoms with van der Waals surface area (Å²) in [5.74, 6) is -1.53. The van der Waals surface area contributed by atoms with Crippen molar-refractivity contribution >= 4 is 29.2 Å². The van der Waals surface area contributed by atoms with Crippen LogP contribution < -0.4 is 21.3 Å². The second-order valence-corrected chi connectivity index (χ2v) is 11.7. The predicted molar refractivity (Wildman–Crippen MR) is 177 cm³/mol. The molecule has 2 heterocycles. The first-order valence-electron chi connectivity index (χ1n) is 14.9. The smallest absolute Gasteiger partial charge is 0.248 e. The minimum Gasteiger partial charge on any atom is -0.495 e. The summed E-state index contributed by atoms with van der Waals surface area (Å²) in [7, 11) is 1.56. The van der Waals surface area contributed by atoms with Crippen molar-refractivity contribution < 1.29 is 13.5 Å². The molecular formula is C35H36ClF2N5O2. The maximum absolute atomic E-state index is 15.2. The Morgan fingerprint density at radius 3 is 2.71 bits per heavy atom. The van der Waals surface area contributed by atoms with Crippen LogP contribution in [-0.2, 0) is 6.42 Å². The zero-order valence-corrected chi connectivity index (χ0v) is 26.3. The van der Waals surface area contributed by atoms with Crippen LogP contribution in [0.3, 0.4) is 0 Å². The van der Waals surface area contributed by atoms with Crippen molar-refractivity contribution in [3.05, 3.63) is 116 Å². The summed E-state index contributed by atoms with van der Waals surface area (Å²) in [4.78, 5) is 24.6. The first-order chi connectivity index (χ1) is 21.6. The first-order valence-corrected chi connectivity index (χ1v) is 15.2. The summed E-state index contributed by atoms with van der Waals surface area (Å²) in [6.07, 6.45) is 6.93. The number of nitrogens with one attached hydrogen (secondary N) is 2. The Kier molecular flexibility index (Phi) is 9.68. The highest BCUT2D eigenvalue weighted by Crippen LogP contribution is 2.35. The van der Waals surface area contributed by atoms with Crippen molar-refractivity contribution in [3.8, 4) is 17.0 Å². The molecule has 45 heavy (non-hydrogen) atoms. The minimum absolute atomic E-state index is 0.117. The molecule has 4 N–H and O–H groups in total. The molecule has 1 aliphatic rings. The quantitative estimate of drug-likeness (QED) is 0.0872. The van der Waals surface area contributed by atoms with Crippen LogP contribution in [-0.4, -0.2) is 35.9 Å². The fourth-order valence-electron chi connectivity index (χ4n) is 5.30. The molecule has 0 radical (unpaired) electrons. The fraction of sp³-hybridized carbons (Fsp3) is 0.286. The lowest BCUT2D eigenvalue weighted by molar-refractivity contribution is 0.417. The molecule has 1 fully saturated rings. The van der Waals surface area contributed by atoms with Crippen LogP contribution in [0.5, 0.6) is 5.75 Å². The Labute approximate surface area is 266 Å². The molecule has 1 unspecified atom stereocenters. The van der Waals surface area contributed by atoms with Crippen molar-refractivity contribution in [1.29, 1.82) is 0 Å². The van der Waals surface area contributed by atoms with Crippen molar-refractivity contribution in [1.82, 2.24) is 15.3 Å². The normalized spacial score (nSPS) is 13.6. The van der Waals surface area contributed by atoms with Gasteiger partial charge in [-0.25, -0.2) is 8.78 Å². The van der Waals surface area contributed by atoms with Crippen LogP contribution in [0, 0.1) is 18.6 Å². The summed E-state index contributed by atoms with van der Waals surface area (Å²) >= 11 is 6.09. The SMILES string of the molecule is C=C(NCC(c1cc[nH]c(=O)c1)c1cc(C)c(CCC)c(-c2cc(Cl)c(F)cc2F)n1)c1cc(C=NC2CC2)c(N)c(OC)c1. The molecule has 5 rings (SSSR count). The molecule has 1 atom stereocenters. The standard InChI is InChI=1S/C35H36ClF2N5O2/c1-5-6-25-19(2)11-31(43-35(25)26-15-28(36)30(38)16-29(26)37)27(21-9-10-40-33(44)14-21)18-41-20(3)22-12-23(17-42-24-7-8-24)34(39)32(13-22)45-4/h9-17,24,27,41H,3,5-8,18,39H2,1-2,4H3,(H,40,44). The molecule has 1 aliphatic carbocycles. The van der Waals surface area contributed by atoms with Gasteiger partial charge in [0.25, 0.3) is 0 Å². The number of aromatic amines is 1. The van der Waals surface area contributed by atoms with Crippen LogP contribution in [0.4, 0.5) is 14.5 Å². The molecule has 0 bridgehead atoms. The number of rotatable bonds is 12. The number of aryl methyl sites for hydroxylation is 1. The molecule has 0 saturated heterocycles. The highest BCUT2D eigenvalue weighted by atomic mass is 35.5. The lowest BCUT2D eigenvalue weighted by Crippen LogP contribution is -2.23. The number of methoxy groups -OCH3 is 1. The summed E-state index contributed by atoms with van der Waals surface area (Å²) < 4.78 is 34.8.